The van der Waals surface area contributed by atoms with Crippen LogP contribution in [0.1, 0.15) is 17.8 Å². The first-order chi connectivity index (χ1) is 12.3. The zero-order valence-corrected chi connectivity index (χ0v) is 14.1. The van der Waals surface area contributed by atoms with Crippen molar-refractivity contribution in [2.45, 2.75) is 19.4 Å². The number of imidazole rings is 1. The van der Waals surface area contributed by atoms with Crippen LogP contribution in [0.3, 0.4) is 0 Å². The first kappa shape index (κ1) is 16.0. The van der Waals surface area contributed by atoms with E-state index in [9.17, 15) is 4.79 Å². The third-order valence-electron chi connectivity index (χ3n) is 4.66. The number of rotatable bonds is 4. The van der Waals surface area contributed by atoms with E-state index < -0.39 is 0 Å². The Kier molecular flexibility index (Phi) is 4.56. The number of nitrogens with one attached hydrogen (secondary N) is 1. The van der Waals surface area contributed by atoms with Crippen LogP contribution in [0.25, 0.3) is 0 Å². The lowest BCUT2D eigenvalue weighted by Gasteiger charge is -2.21. The average molecular weight is 342 g/mol. The summed E-state index contributed by atoms with van der Waals surface area (Å²) >= 11 is 0. The summed E-state index contributed by atoms with van der Waals surface area (Å²) in [5, 5.41) is 0. The summed E-state index contributed by atoms with van der Waals surface area (Å²) in [6.45, 7) is 4.46. The molecule has 2 aliphatic rings. The Morgan fingerprint density at radius 3 is 2.96 bits per heavy atom. The minimum Gasteiger partial charge on any atom is -0.454 e. The smallest absolute Gasteiger partial charge is 0.231 e. The van der Waals surface area contributed by atoms with Crippen molar-refractivity contribution < 1.29 is 14.3 Å². The van der Waals surface area contributed by atoms with Gasteiger partial charge in [0.1, 0.15) is 5.82 Å². The molecule has 0 radical (unpaired) electrons. The van der Waals surface area contributed by atoms with Crippen LogP contribution >= 0.6 is 0 Å². The van der Waals surface area contributed by atoms with Crippen molar-refractivity contribution in [2.75, 3.05) is 33.0 Å². The number of ether oxygens (including phenoxy) is 2. The number of aromatic nitrogens is 2. The molecule has 1 saturated heterocycles. The Morgan fingerprint density at radius 1 is 1.16 bits per heavy atom. The topological polar surface area (TPSA) is 70.7 Å². The molecule has 4 rings (SSSR count). The normalized spacial score (nSPS) is 17.5. The van der Waals surface area contributed by atoms with E-state index >= 15 is 0 Å². The highest BCUT2D eigenvalue weighted by molar-refractivity contribution is 5.79. The maximum Gasteiger partial charge on any atom is 0.231 e. The molecular weight excluding hydrogens is 320 g/mol. The molecule has 0 unspecified atom stereocenters. The van der Waals surface area contributed by atoms with Crippen LogP contribution in [-0.2, 0) is 17.8 Å². The third kappa shape index (κ3) is 3.76. The van der Waals surface area contributed by atoms with Crippen molar-refractivity contribution in [3.05, 3.63) is 42.0 Å². The van der Waals surface area contributed by atoms with Gasteiger partial charge in [0.2, 0.25) is 12.7 Å². The van der Waals surface area contributed by atoms with E-state index in [1.54, 1.807) is 6.20 Å². The largest absolute Gasteiger partial charge is 0.454 e. The summed E-state index contributed by atoms with van der Waals surface area (Å²) in [4.78, 5) is 24.4. The second-order valence-electron chi connectivity index (χ2n) is 6.41. The standard InChI is InChI=1S/C18H22N4O3/c23-18(11-14-2-3-15-16(10-14)25-13-24-15)22-7-1-6-21(8-9-22)12-17-19-4-5-20-17/h2-5,10H,1,6-9,11-13H2,(H,19,20). The average Bonchev–Trinajstić information content (AvgIpc) is 3.23. The van der Waals surface area contributed by atoms with Crippen LogP contribution in [0.15, 0.2) is 30.6 Å². The molecular formula is C18H22N4O3. The van der Waals surface area contributed by atoms with E-state index in [1.807, 2.05) is 29.3 Å². The number of fused-ring (bicyclic) bond motifs is 1. The number of H-pyrrole nitrogens is 1. The van der Waals surface area contributed by atoms with Crippen molar-refractivity contribution in [2.24, 2.45) is 0 Å². The van der Waals surface area contributed by atoms with E-state index in [2.05, 4.69) is 14.9 Å². The molecule has 1 fully saturated rings. The van der Waals surface area contributed by atoms with Gasteiger partial charge in [-0.15, -0.1) is 0 Å². The molecule has 1 aromatic carbocycles. The lowest BCUT2D eigenvalue weighted by atomic mass is 10.1. The Balaban J connectivity index is 1.33. The Morgan fingerprint density at radius 2 is 2.08 bits per heavy atom. The monoisotopic (exact) mass is 342 g/mol. The fraction of sp³-hybridized carbons (Fsp3) is 0.444. The molecule has 7 nitrogen and oxygen atoms in total. The fourth-order valence-corrected chi connectivity index (χ4v) is 3.31. The molecule has 2 aromatic rings. The minimum atomic E-state index is 0.165. The van der Waals surface area contributed by atoms with Crippen LogP contribution in [0.4, 0.5) is 0 Å². The zero-order chi connectivity index (χ0) is 17.1. The van der Waals surface area contributed by atoms with E-state index in [0.717, 1.165) is 62.0 Å². The molecule has 0 spiro atoms. The van der Waals surface area contributed by atoms with Gasteiger partial charge in [0, 0.05) is 38.6 Å². The molecule has 7 heteroatoms. The third-order valence-corrected chi connectivity index (χ3v) is 4.66. The van der Waals surface area contributed by atoms with Crippen molar-refractivity contribution >= 4 is 5.91 Å². The van der Waals surface area contributed by atoms with Crippen LogP contribution in [-0.4, -0.2) is 58.6 Å². The Hall–Kier alpha value is -2.54. The van der Waals surface area contributed by atoms with Crippen molar-refractivity contribution in [3.63, 3.8) is 0 Å². The molecule has 0 atom stereocenters. The number of carbonyl (C=O) groups is 1. The predicted octanol–water partition coefficient (Wildman–Crippen LogP) is 1.42. The molecule has 1 N–H and O–H groups in total. The second kappa shape index (κ2) is 7.14. The number of aromatic amines is 1. The van der Waals surface area contributed by atoms with Crippen molar-refractivity contribution in [1.82, 2.24) is 19.8 Å². The van der Waals surface area contributed by atoms with Crippen molar-refractivity contribution in [3.8, 4) is 11.5 Å². The number of nitrogens with zero attached hydrogens (tertiary/aromatic N) is 3. The van der Waals surface area contributed by atoms with Crippen LogP contribution in [0, 0.1) is 0 Å². The molecule has 0 bridgehead atoms. The van der Waals surface area contributed by atoms with Gasteiger partial charge in [-0.05, 0) is 24.1 Å². The number of benzene rings is 1. The summed E-state index contributed by atoms with van der Waals surface area (Å²) in [6, 6.07) is 5.71. The highest BCUT2D eigenvalue weighted by atomic mass is 16.7. The van der Waals surface area contributed by atoms with Gasteiger partial charge in [0.05, 0.1) is 13.0 Å². The molecule has 0 aliphatic carbocycles. The minimum absolute atomic E-state index is 0.165. The van der Waals surface area contributed by atoms with Gasteiger partial charge in [-0.2, -0.15) is 0 Å². The summed E-state index contributed by atoms with van der Waals surface area (Å²) in [6.07, 6.45) is 4.99. The van der Waals surface area contributed by atoms with E-state index in [-0.39, 0.29) is 12.7 Å². The lowest BCUT2D eigenvalue weighted by molar-refractivity contribution is -0.130. The van der Waals surface area contributed by atoms with Gasteiger partial charge < -0.3 is 19.4 Å². The van der Waals surface area contributed by atoms with E-state index in [0.29, 0.717) is 6.42 Å². The SMILES string of the molecule is O=C(Cc1ccc2c(c1)OCO2)N1CCCN(Cc2ncc[nH]2)CC1. The van der Waals surface area contributed by atoms with E-state index in [4.69, 9.17) is 9.47 Å². The number of hydrogen-bond donors (Lipinski definition) is 1. The molecule has 1 amide bonds. The first-order valence-corrected chi connectivity index (χ1v) is 8.65. The van der Waals surface area contributed by atoms with Gasteiger partial charge >= 0.3 is 0 Å². The molecule has 132 valence electrons. The van der Waals surface area contributed by atoms with Crippen LogP contribution in [0.5, 0.6) is 11.5 Å². The fourth-order valence-electron chi connectivity index (χ4n) is 3.31. The molecule has 3 heterocycles. The Bertz CT molecular complexity index is 732. The summed E-state index contributed by atoms with van der Waals surface area (Å²) in [5.41, 5.74) is 0.964. The first-order valence-electron chi connectivity index (χ1n) is 8.65. The highest BCUT2D eigenvalue weighted by Crippen LogP contribution is 2.32. The van der Waals surface area contributed by atoms with Crippen LogP contribution < -0.4 is 9.47 Å². The van der Waals surface area contributed by atoms with Gasteiger partial charge in [0.15, 0.2) is 11.5 Å². The van der Waals surface area contributed by atoms with Gasteiger partial charge in [-0.3, -0.25) is 9.69 Å². The summed E-state index contributed by atoms with van der Waals surface area (Å²) < 4.78 is 10.7. The van der Waals surface area contributed by atoms with Gasteiger partial charge in [-0.25, -0.2) is 4.98 Å². The highest BCUT2D eigenvalue weighted by Gasteiger charge is 2.21. The quantitative estimate of drug-likeness (QED) is 0.910. The van der Waals surface area contributed by atoms with E-state index in [1.165, 1.54) is 0 Å². The molecule has 1 aromatic heterocycles. The molecule has 0 saturated carbocycles. The maximum absolute atomic E-state index is 12.7. The van der Waals surface area contributed by atoms with Gasteiger partial charge in [-0.1, -0.05) is 6.07 Å². The predicted molar refractivity (Wildman–Crippen MR) is 91.3 cm³/mol. The lowest BCUT2D eigenvalue weighted by Crippen LogP contribution is -2.36. The summed E-state index contributed by atoms with van der Waals surface area (Å²) in [5.74, 6) is 2.61. The van der Waals surface area contributed by atoms with Crippen molar-refractivity contribution in [1.29, 1.82) is 0 Å². The number of hydrogen-bond acceptors (Lipinski definition) is 5. The number of amides is 1. The zero-order valence-electron chi connectivity index (χ0n) is 14.1. The number of carbonyl (C=O) groups excluding carboxylic acids is 1. The Labute approximate surface area is 146 Å². The summed E-state index contributed by atoms with van der Waals surface area (Å²) in [7, 11) is 0. The molecule has 25 heavy (non-hydrogen) atoms. The van der Waals surface area contributed by atoms with Crippen LogP contribution in [0.2, 0.25) is 0 Å². The van der Waals surface area contributed by atoms with Gasteiger partial charge in [0.25, 0.3) is 0 Å². The molecule has 2 aliphatic heterocycles. The second-order valence-corrected chi connectivity index (χ2v) is 6.41. The maximum atomic E-state index is 12.7.